The quantitative estimate of drug-likeness (QED) is 0.921. The molecule has 1 N–H and O–H groups in total. The molecule has 1 saturated carbocycles. The fourth-order valence-electron chi connectivity index (χ4n) is 3.14. The van der Waals surface area contributed by atoms with E-state index in [9.17, 15) is 14.7 Å². The van der Waals surface area contributed by atoms with Crippen molar-refractivity contribution in [3.8, 4) is 0 Å². The lowest BCUT2D eigenvalue weighted by Crippen LogP contribution is -2.37. The second kappa shape index (κ2) is 5.27. The van der Waals surface area contributed by atoms with Gasteiger partial charge < -0.3 is 10.0 Å². The highest BCUT2D eigenvalue weighted by atomic mass is 16.4. The summed E-state index contributed by atoms with van der Waals surface area (Å²) in [6.07, 6.45) is 5.73. The van der Waals surface area contributed by atoms with Gasteiger partial charge in [-0.1, -0.05) is 12.5 Å². The number of rotatable bonds is 3. The van der Waals surface area contributed by atoms with Gasteiger partial charge in [0.2, 0.25) is 5.91 Å². The normalized spacial score (nSPS) is 18.3. The third-order valence-electron chi connectivity index (χ3n) is 4.47. The van der Waals surface area contributed by atoms with Crippen molar-refractivity contribution in [2.75, 3.05) is 11.4 Å². The fourth-order valence-corrected chi connectivity index (χ4v) is 3.14. The highest BCUT2D eigenvalue weighted by Crippen LogP contribution is 2.34. The molecule has 1 amide bonds. The highest BCUT2D eigenvalue weighted by Gasteiger charge is 2.28. The molecule has 1 aliphatic heterocycles. The number of hydrogen-bond acceptors (Lipinski definition) is 2. The summed E-state index contributed by atoms with van der Waals surface area (Å²) in [6.45, 7) is 0.710. The van der Waals surface area contributed by atoms with Crippen molar-refractivity contribution in [1.29, 1.82) is 0 Å². The molecule has 0 bridgehead atoms. The molecule has 0 atom stereocenters. The van der Waals surface area contributed by atoms with E-state index in [1.165, 1.54) is 6.42 Å². The molecule has 0 spiro atoms. The van der Waals surface area contributed by atoms with Gasteiger partial charge in [-0.3, -0.25) is 4.79 Å². The van der Waals surface area contributed by atoms with E-state index < -0.39 is 5.97 Å². The van der Waals surface area contributed by atoms with Crippen LogP contribution in [-0.4, -0.2) is 23.5 Å². The molecule has 4 heteroatoms. The van der Waals surface area contributed by atoms with Gasteiger partial charge in [-0.15, -0.1) is 0 Å². The lowest BCUT2D eigenvalue weighted by Gasteiger charge is -2.33. The first kappa shape index (κ1) is 13.2. The molecular weight excluding hydrogens is 254 g/mol. The first-order valence-electron chi connectivity index (χ1n) is 7.32. The van der Waals surface area contributed by atoms with Crippen molar-refractivity contribution in [1.82, 2.24) is 0 Å². The predicted molar refractivity (Wildman–Crippen MR) is 76.0 cm³/mol. The van der Waals surface area contributed by atoms with Gasteiger partial charge in [-0.25, -0.2) is 4.79 Å². The minimum Gasteiger partial charge on any atom is -0.478 e. The van der Waals surface area contributed by atoms with Crippen molar-refractivity contribution in [2.24, 2.45) is 5.92 Å². The molecule has 106 valence electrons. The molecule has 20 heavy (non-hydrogen) atoms. The van der Waals surface area contributed by atoms with Crippen molar-refractivity contribution >= 4 is 17.6 Å². The van der Waals surface area contributed by atoms with Gasteiger partial charge in [0.25, 0.3) is 0 Å². The van der Waals surface area contributed by atoms with E-state index in [1.807, 2.05) is 6.07 Å². The summed E-state index contributed by atoms with van der Waals surface area (Å²) in [4.78, 5) is 25.5. The molecule has 1 heterocycles. The molecular formula is C16H19NO3. The Kier molecular flexibility index (Phi) is 3.47. The number of aromatic carboxylic acids is 1. The van der Waals surface area contributed by atoms with Gasteiger partial charge >= 0.3 is 5.97 Å². The highest BCUT2D eigenvalue weighted by molar-refractivity contribution is 5.98. The zero-order chi connectivity index (χ0) is 14.1. The lowest BCUT2D eigenvalue weighted by molar-refractivity contribution is -0.120. The third-order valence-corrected chi connectivity index (χ3v) is 4.47. The van der Waals surface area contributed by atoms with Crippen LogP contribution in [0.4, 0.5) is 5.69 Å². The summed E-state index contributed by atoms with van der Waals surface area (Å²) in [5.74, 6) is -0.219. The van der Waals surface area contributed by atoms with Crippen molar-refractivity contribution < 1.29 is 14.7 Å². The van der Waals surface area contributed by atoms with Crippen LogP contribution in [0.15, 0.2) is 18.2 Å². The average molecular weight is 273 g/mol. The largest absolute Gasteiger partial charge is 0.478 e. The molecule has 1 fully saturated rings. The van der Waals surface area contributed by atoms with Crippen LogP contribution in [0.1, 0.15) is 48.0 Å². The monoisotopic (exact) mass is 273 g/mol. The number of benzene rings is 1. The summed E-state index contributed by atoms with van der Waals surface area (Å²) in [5.41, 5.74) is 1.96. The molecule has 0 unspecified atom stereocenters. The minimum atomic E-state index is -0.907. The van der Waals surface area contributed by atoms with Crippen LogP contribution in [-0.2, 0) is 11.2 Å². The number of hydrogen-bond donors (Lipinski definition) is 1. The van der Waals surface area contributed by atoms with E-state index in [2.05, 4.69) is 0 Å². The van der Waals surface area contributed by atoms with Gasteiger partial charge in [0.1, 0.15) is 0 Å². The van der Waals surface area contributed by atoms with Gasteiger partial charge in [0, 0.05) is 18.7 Å². The number of carboxylic acid groups (broad SMARTS) is 1. The van der Waals surface area contributed by atoms with Gasteiger partial charge in [0.05, 0.1) is 5.56 Å². The van der Waals surface area contributed by atoms with Crippen molar-refractivity contribution in [3.63, 3.8) is 0 Å². The number of carboxylic acids is 1. The van der Waals surface area contributed by atoms with E-state index in [-0.39, 0.29) is 5.91 Å². The Morgan fingerprint density at radius 2 is 2.05 bits per heavy atom. The van der Waals surface area contributed by atoms with Crippen LogP contribution in [0, 0.1) is 5.92 Å². The minimum absolute atomic E-state index is 0.151. The Morgan fingerprint density at radius 1 is 1.25 bits per heavy atom. The van der Waals surface area contributed by atoms with E-state index in [1.54, 1.807) is 17.0 Å². The standard InChI is InChI=1S/C16H19NO3/c18-15(10-11-4-1-5-11)17-9-3-7-12-13(16(19)20)6-2-8-14(12)17/h2,6,8,11H,1,3-5,7,9-10H2,(H,19,20). The molecule has 4 nitrogen and oxygen atoms in total. The number of nitrogens with zero attached hydrogens (tertiary/aromatic N) is 1. The average Bonchev–Trinajstić information content (AvgIpc) is 2.41. The van der Waals surface area contributed by atoms with Gasteiger partial charge in [-0.05, 0) is 49.3 Å². The Hall–Kier alpha value is -1.84. The van der Waals surface area contributed by atoms with E-state index in [4.69, 9.17) is 0 Å². The summed E-state index contributed by atoms with van der Waals surface area (Å²) >= 11 is 0. The number of carbonyl (C=O) groups excluding carboxylic acids is 1. The Balaban J connectivity index is 1.87. The van der Waals surface area contributed by atoms with Crippen LogP contribution in [0.3, 0.4) is 0 Å². The van der Waals surface area contributed by atoms with E-state index >= 15 is 0 Å². The second-order valence-electron chi connectivity index (χ2n) is 5.76. The van der Waals surface area contributed by atoms with E-state index in [0.717, 1.165) is 36.9 Å². The summed E-state index contributed by atoms with van der Waals surface area (Å²) in [5, 5.41) is 9.25. The molecule has 0 radical (unpaired) electrons. The molecule has 1 aliphatic carbocycles. The summed E-state index contributed by atoms with van der Waals surface area (Å²) < 4.78 is 0. The fraction of sp³-hybridized carbons (Fsp3) is 0.500. The molecule has 2 aliphatic rings. The Labute approximate surface area is 118 Å². The summed E-state index contributed by atoms with van der Waals surface area (Å²) in [6, 6.07) is 5.23. The number of carbonyl (C=O) groups is 2. The first-order chi connectivity index (χ1) is 9.66. The zero-order valence-corrected chi connectivity index (χ0v) is 11.5. The molecule has 1 aromatic rings. The van der Waals surface area contributed by atoms with E-state index in [0.29, 0.717) is 24.4 Å². The first-order valence-corrected chi connectivity index (χ1v) is 7.32. The topological polar surface area (TPSA) is 57.6 Å². The van der Waals surface area contributed by atoms with Crippen LogP contribution < -0.4 is 4.90 Å². The Bertz CT molecular complexity index is 549. The zero-order valence-electron chi connectivity index (χ0n) is 11.5. The van der Waals surface area contributed by atoms with Crippen molar-refractivity contribution in [3.05, 3.63) is 29.3 Å². The van der Waals surface area contributed by atoms with Crippen LogP contribution in [0.25, 0.3) is 0 Å². The third kappa shape index (κ3) is 2.30. The molecule has 0 saturated heterocycles. The molecule has 1 aromatic carbocycles. The number of amides is 1. The Morgan fingerprint density at radius 3 is 2.70 bits per heavy atom. The maximum atomic E-state index is 12.4. The SMILES string of the molecule is O=C(O)c1cccc2c1CCCN2C(=O)CC1CCC1. The predicted octanol–water partition coefficient (Wildman–Crippen LogP) is 2.85. The number of fused-ring (bicyclic) bond motifs is 1. The number of anilines is 1. The van der Waals surface area contributed by atoms with Crippen LogP contribution in [0.2, 0.25) is 0 Å². The van der Waals surface area contributed by atoms with Crippen LogP contribution >= 0.6 is 0 Å². The van der Waals surface area contributed by atoms with Crippen LogP contribution in [0.5, 0.6) is 0 Å². The maximum absolute atomic E-state index is 12.4. The van der Waals surface area contributed by atoms with Crippen molar-refractivity contribution in [2.45, 2.75) is 38.5 Å². The lowest BCUT2D eigenvalue weighted by atomic mass is 9.82. The maximum Gasteiger partial charge on any atom is 0.336 e. The van der Waals surface area contributed by atoms with Gasteiger partial charge in [-0.2, -0.15) is 0 Å². The summed E-state index contributed by atoms with van der Waals surface area (Å²) in [7, 11) is 0. The molecule has 3 rings (SSSR count). The smallest absolute Gasteiger partial charge is 0.336 e. The second-order valence-corrected chi connectivity index (χ2v) is 5.76. The molecule has 0 aromatic heterocycles. The van der Waals surface area contributed by atoms with Gasteiger partial charge in [0.15, 0.2) is 0 Å².